The molecule has 0 bridgehead atoms. The van der Waals surface area contributed by atoms with Crippen LogP contribution in [0.1, 0.15) is 41.6 Å². The number of aryl methyl sites for hydroxylation is 1. The molecule has 118 valence electrons. The molecule has 0 fully saturated rings. The van der Waals surface area contributed by atoms with Gasteiger partial charge in [-0.2, -0.15) is 0 Å². The highest BCUT2D eigenvalue weighted by Crippen LogP contribution is 2.22. The average molecular weight is 317 g/mol. The number of carbonyl (C=O) groups is 1. The Morgan fingerprint density at radius 1 is 1.45 bits per heavy atom. The predicted molar refractivity (Wildman–Crippen MR) is 92.1 cm³/mol. The number of nitrogens with two attached hydrogens (primary N) is 1. The Bertz CT molecular complexity index is 624. The molecule has 0 aliphatic rings. The summed E-state index contributed by atoms with van der Waals surface area (Å²) in [7, 11) is 0. The molecule has 22 heavy (non-hydrogen) atoms. The van der Waals surface area contributed by atoms with Crippen LogP contribution in [-0.4, -0.2) is 23.5 Å². The summed E-state index contributed by atoms with van der Waals surface area (Å²) in [5.74, 6) is -0.0691. The molecule has 3 N–H and O–H groups in total. The van der Waals surface area contributed by atoms with Crippen molar-refractivity contribution in [2.24, 2.45) is 5.73 Å². The van der Waals surface area contributed by atoms with Gasteiger partial charge in [-0.1, -0.05) is 31.9 Å². The van der Waals surface area contributed by atoms with Gasteiger partial charge in [0.05, 0.1) is 10.7 Å². The van der Waals surface area contributed by atoms with E-state index in [0.29, 0.717) is 12.1 Å². The van der Waals surface area contributed by atoms with Gasteiger partial charge in [-0.25, -0.2) is 4.98 Å². The number of thiazole rings is 1. The monoisotopic (exact) mass is 317 g/mol. The number of carbonyl (C=O) groups excluding carboxylic acids is 1. The highest BCUT2D eigenvalue weighted by molar-refractivity contribution is 7.09. The number of amides is 1. The highest BCUT2D eigenvalue weighted by atomic mass is 32.1. The molecule has 1 heterocycles. The van der Waals surface area contributed by atoms with Crippen molar-refractivity contribution in [1.29, 1.82) is 0 Å². The molecular weight excluding hydrogens is 294 g/mol. The largest absolute Gasteiger partial charge is 0.348 e. The Hall–Kier alpha value is -1.72. The first-order chi connectivity index (χ1) is 10.6. The highest BCUT2D eigenvalue weighted by Gasteiger charge is 2.13. The molecule has 0 saturated heterocycles. The van der Waals surface area contributed by atoms with Crippen molar-refractivity contribution in [3.05, 3.63) is 40.2 Å². The fraction of sp³-hybridized carbons (Fsp3) is 0.412. The molecule has 1 aromatic heterocycles. The van der Waals surface area contributed by atoms with Gasteiger partial charge in [0, 0.05) is 29.1 Å². The summed E-state index contributed by atoms with van der Waals surface area (Å²) in [6, 6.07) is 7.62. The Morgan fingerprint density at radius 2 is 2.27 bits per heavy atom. The lowest BCUT2D eigenvalue weighted by Gasteiger charge is -2.16. The van der Waals surface area contributed by atoms with Crippen LogP contribution in [0.25, 0.3) is 11.3 Å². The normalized spacial score (nSPS) is 12.1. The number of unbranched alkanes of at least 4 members (excludes halogenated alkanes) is 1. The lowest BCUT2D eigenvalue weighted by Crippen LogP contribution is -2.40. The summed E-state index contributed by atoms with van der Waals surface area (Å²) in [6.07, 6.45) is 3.09. The number of nitrogens with zero attached hydrogens (tertiary/aromatic N) is 1. The quantitative estimate of drug-likeness (QED) is 0.822. The third-order valence-corrected chi connectivity index (χ3v) is 4.34. The van der Waals surface area contributed by atoms with Crippen molar-refractivity contribution < 1.29 is 4.79 Å². The Kier molecular flexibility index (Phi) is 6.10. The van der Waals surface area contributed by atoms with E-state index in [1.807, 2.05) is 36.6 Å². The number of aromatic nitrogens is 1. The molecular formula is C17H23N3OS. The van der Waals surface area contributed by atoms with Gasteiger partial charge in [-0.15, -0.1) is 11.3 Å². The van der Waals surface area contributed by atoms with Crippen LogP contribution < -0.4 is 11.1 Å². The number of rotatable bonds is 7. The van der Waals surface area contributed by atoms with Gasteiger partial charge in [-0.3, -0.25) is 4.79 Å². The van der Waals surface area contributed by atoms with E-state index in [0.717, 1.165) is 35.5 Å². The van der Waals surface area contributed by atoms with Crippen LogP contribution in [0.4, 0.5) is 0 Å². The van der Waals surface area contributed by atoms with E-state index in [9.17, 15) is 4.79 Å². The number of hydrogen-bond donors (Lipinski definition) is 2. The average Bonchev–Trinajstić information content (AvgIpc) is 2.98. The zero-order valence-corrected chi connectivity index (χ0v) is 14.0. The van der Waals surface area contributed by atoms with Crippen LogP contribution >= 0.6 is 11.3 Å². The van der Waals surface area contributed by atoms with Crippen LogP contribution in [0.2, 0.25) is 0 Å². The molecule has 1 amide bonds. The number of hydrogen-bond acceptors (Lipinski definition) is 4. The Labute approximate surface area is 135 Å². The molecule has 0 saturated carbocycles. The van der Waals surface area contributed by atoms with Crippen molar-refractivity contribution in [2.45, 2.75) is 39.2 Å². The minimum atomic E-state index is -0.0691. The second kappa shape index (κ2) is 8.06. The fourth-order valence-corrected chi connectivity index (χ4v) is 2.91. The van der Waals surface area contributed by atoms with Crippen molar-refractivity contribution in [3.8, 4) is 11.3 Å². The van der Waals surface area contributed by atoms with E-state index < -0.39 is 0 Å². The Balaban J connectivity index is 2.10. The summed E-state index contributed by atoms with van der Waals surface area (Å²) in [5, 5.41) is 6.05. The van der Waals surface area contributed by atoms with E-state index in [1.165, 1.54) is 0 Å². The summed E-state index contributed by atoms with van der Waals surface area (Å²) in [5.41, 5.74) is 8.27. The maximum atomic E-state index is 12.4. The first-order valence-electron chi connectivity index (χ1n) is 7.67. The third-order valence-electron chi connectivity index (χ3n) is 3.57. The van der Waals surface area contributed by atoms with Crippen LogP contribution in [0, 0.1) is 6.92 Å². The maximum absolute atomic E-state index is 12.4. The lowest BCUT2D eigenvalue weighted by atomic mass is 10.1. The zero-order chi connectivity index (χ0) is 15.9. The van der Waals surface area contributed by atoms with E-state index in [1.54, 1.807) is 11.3 Å². The molecule has 1 aromatic carbocycles. The standard InChI is InChI=1S/C17H23N3OS/c1-3-4-8-15(10-18)20-17(21)14-7-5-6-13(9-14)16-11-22-12(2)19-16/h5-7,9,11,15H,3-4,8,10,18H2,1-2H3,(H,20,21). The Morgan fingerprint density at radius 3 is 2.91 bits per heavy atom. The first kappa shape index (κ1) is 16.6. The predicted octanol–water partition coefficient (Wildman–Crippen LogP) is 3.37. The first-order valence-corrected chi connectivity index (χ1v) is 8.55. The molecule has 2 aromatic rings. The summed E-state index contributed by atoms with van der Waals surface area (Å²) < 4.78 is 0. The van der Waals surface area contributed by atoms with Gasteiger partial charge in [0.1, 0.15) is 0 Å². The molecule has 0 spiro atoms. The zero-order valence-electron chi connectivity index (χ0n) is 13.1. The second-order valence-corrected chi connectivity index (χ2v) is 6.44. The van der Waals surface area contributed by atoms with Crippen molar-refractivity contribution in [1.82, 2.24) is 10.3 Å². The molecule has 0 aliphatic heterocycles. The SMILES string of the molecule is CCCCC(CN)NC(=O)c1cccc(-c2csc(C)n2)c1. The van der Waals surface area contributed by atoms with E-state index in [2.05, 4.69) is 17.2 Å². The van der Waals surface area contributed by atoms with Crippen LogP contribution in [0.5, 0.6) is 0 Å². The van der Waals surface area contributed by atoms with E-state index in [4.69, 9.17) is 5.73 Å². The smallest absolute Gasteiger partial charge is 0.251 e. The summed E-state index contributed by atoms with van der Waals surface area (Å²) in [6.45, 7) is 4.58. The third kappa shape index (κ3) is 4.39. The summed E-state index contributed by atoms with van der Waals surface area (Å²) in [4.78, 5) is 16.8. The number of nitrogens with one attached hydrogen (secondary N) is 1. The van der Waals surface area contributed by atoms with Gasteiger partial charge in [-0.05, 0) is 25.5 Å². The molecule has 2 rings (SSSR count). The van der Waals surface area contributed by atoms with Crippen LogP contribution in [-0.2, 0) is 0 Å². The van der Waals surface area contributed by atoms with E-state index >= 15 is 0 Å². The molecule has 0 aliphatic carbocycles. The molecule has 4 nitrogen and oxygen atoms in total. The van der Waals surface area contributed by atoms with Crippen molar-refractivity contribution >= 4 is 17.2 Å². The number of benzene rings is 1. The van der Waals surface area contributed by atoms with Gasteiger partial charge >= 0.3 is 0 Å². The maximum Gasteiger partial charge on any atom is 0.251 e. The van der Waals surface area contributed by atoms with Crippen LogP contribution in [0.3, 0.4) is 0 Å². The summed E-state index contributed by atoms with van der Waals surface area (Å²) >= 11 is 1.61. The second-order valence-electron chi connectivity index (χ2n) is 5.38. The minimum absolute atomic E-state index is 0.0395. The topological polar surface area (TPSA) is 68.0 Å². The van der Waals surface area contributed by atoms with Crippen LogP contribution in [0.15, 0.2) is 29.6 Å². The van der Waals surface area contributed by atoms with Gasteiger partial charge in [0.2, 0.25) is 0 Å². The molecule has 1 unspecified atom stereocenters. The van der Waals surface area contributed by atoms with E-state index in [-0.39, 0.29) is 11.9 Å². The lowest BCUT2D eigenvalue weighted by molar-refractivity contribution is 0.0936. The molecule has 5 heteroatoms. The van der Waals surface area contributed by atoms with Gasteiger partial charge < -0.3 is 11.1 Å². The van der Waals surface area contributed by atoms with Gasteiger partial charge in [0.25, 0.3) is 5.91 Å². The van der Waals surface area contributed by atoms with Crippen molar-refractivity contribution in [2.75, 3.05) is 6.54 Å². The fourth-order valence-electron chi connectivity index (χ4n) is 2.28. The van der Waals surface area contributed by atoms with Crippen molar-refractivity contribution in [3.63, 3.8) is 0 Å². The molecule has 1 atom stereocenters. The minimum Gasteiger partial charge on any atom is -0.348 e. The molecule has 0 radical (unpaired) electrons. The van der Waals surface area contributed by atoms with Gasteiger partial charge in [0.15, 0.2) is 0 Å².